The number of carbonyl (C=O) groups is 2. The second-order valence-electron chi connectivity index (χ2n) is 14.5. The zero-order chi connectivity index (χ0) is 35.2. The molecule has 0 radical (unpaired) electrons. The number of aromatic nitrogens is 6. The van der Waals surface area contributed by atoms with Gasteiger partial charge < -0.3 is 29.6 Å². The molecular weight excluding hydrogens is 744 g/mol. The number of amides is 2. The van der Waals surface area contributed by atoms with Gasteiger partial charge in [0.15, 0.2) is 5.82 Å². The number of ether oxygens (including phenoxy) is 2. The van der Waals surface area contributed by atoms with Crippen LogP contribution in [0, 0.1) is 5.92 Å². The second-order valence-corrected chi connectivity index (χ2v) is 16.5. The van der Waals surface area contributed by atoms with E-state index in [1.807, 2.05) is 57.8 Å². The molecule has 1 aliphatic carbocycles. The summed E-state index contributed by atoms with van der Waals surface area (Å²) in [6.07, 6.45) is 11.0. The number of halogens is 1. The highest BCUT2D eigenvalue weighted by Gasteiger charge is 2.33. The van der Waals surface area contributed by atoms with Gasteiger partial charge in [0.2, 0.25) is 0 Å². The Morgan fingerprint density at radius 1 is 1.02 bits per heavy atom. The maximum absolute atomic E-state index is 13.5. The molecule has 2 amide bonds. The number of carbonyl (C=O) groups excluding carboxylic acids is 2. The van der Waals surface area contributed by atoms with Crippen LogP contribution in [-0.2, 0) is 9.47 Å². The summed E-state index contributed by atoms with van der Waals surface area (Å²) < 4.78 is 15.6. The molecule has 3 atom stereocenters. The van der Waals surface area contributed by atoms with Gasteiger partial charge in [-0.3, -0.25) is 0 Å². The largest absolute Gasteiger partial charge is 0.444 e. The molecule has 264 valence electrons. The van der Waals surface area contributed by atoms with Crippen LogP contribution in [0.4, 0.5) is 15.4 Å². The lowest BCUT2D eigenvalue weighted by Gasteiger charge is -2.31. The van der Waals surface area contributed by atoms with E-state index >= 15 is 0 Å². The number of allylic oxidation sites excluding steroid dienone is 1. The van der Waals surface area contributed by atoms with Gasteiger partial charge in [-0.05, 0) is 115 Å². The van der Waals surface area contributed by atoms with Crippen molar-refractivity contribution in [1.82, 2.24) is 38.9 Å². The molecule has 48 heavy (non-hydrogen) atoms. The van der Waals surface area contributed by atoms with Gasteiger partial charge in [0, 0.05) is 38.4 Å². The number of nitrogen functional groups attached to an aromatic ring is 1. The number of nitrogens with zero attached hydrogens (tertiary/aromatic N) is 8. The number of nitrogens with two attached hydrogens (primary N) is 1. The lowest BCUT2D eigenvalue weighted by atomic mass is 10.1. The molecule has 1 saturated carbocycles. The van der Waals surface area contributed by atoms with Gasteiger partial charge in [0.05, 0.1) is 17.3 Å². The van der Waals surface area contributed by atoms with Gasteiger partial charge in [-0.2, -0.15) is 5.10 Å². The summed E-state index contributed by atoms with van der Waals surface area (Å²) in [7, 11) is 0. The van der Waals surface area contributed by atoms with Crippen LogP contribution in [0.3, 0.4) is 0 Å². The van der Waals surface area contributed by atoms with Crippen molar-refractivity contribution in [1.29, 1.82) is 0 Å². The normalized spacial score (nSPS) is 17.4. The SMILES string of the molecule is C/C=C(\C)CCN(CCCN(C[C@@H]1CC[C@H](n2cc(-c3ncnn3PI)c3c(N)ncnc32)C1)C(=O)OC(C)(C)C)C(=O)OC(C)(C)C. The number of fused-ring (bicyclic) bond motifs is 1. The lowest BCUT2D eigenvalue weighted by Crippen LogP contribution is -2.42. The zero-order valence-electron chi connectivity index (χ0n) is 29.5. The highest BCUT2D eigenvalue weighted by molar-refractivity contribution is 14.2. The molecule has 0 aliphatic heterocycles. The first-order valence-electron chi connectivity index (χ1n) is 16.6. The fraction of sp³-hybridized carbons (Fsp3) is 0.636. The minimum Gasteiger partial charge on any atom is -0.444 e. The molecule has 4 rings (SSSR count). The van der Waals surface area contributed by atoms with E-state index in [0.29, 0.717) is 44.8 Å². The maximum Gasteiger partial charge on any atom is 0.410 e. The van der Waals surface area contributed by atoms with Gasteiger partial charge >= 0.3 is 12.2 Å². The minimum atomic E-state index is -0.626. The van der Waals surface area contributed by atoms with Crippen molar-refractivity contribution in [3.63, 3.8) is 0 Å². The van der Waals surface area contributed by atoms with Crippen molar-refractivity contribution >= 4 is 57.5 Å². The Kier molecular flexibility index (Phi) is 12.7. The Morgan fingerprint density at radius 3 is 2.33 bits per heavy atom. The molecule has 0 spiro atoms. The third-order valence-electron chi connectivity index (χ3n) is 8.32. The average Bonchev–Trinajstić information content (AvgIpc) is 3.74. The summed E-state index contributed by atoms with van der Waals surface area (Å²) in [5, 5.41) is 5.14. The predicted octanol–water partition coefficient (Wildman–Crippen LogP) is 7.63. The Bertz CT molecular complexity index is 1590. The van der Waals surface area contributed by atoms with E-state index in [-0.39, 0.29) is 24.1 Å². The summed E-state index contributed by atoms with van der Waals surface area (Å²) in [5.74, 6) is 1.40. The molecule has 13 nitrogen and oxygen atoms in total. The van der Waals surface area contributed by atoms with Gasteiger partial charge in [-0.25, -0.2) is 29.0 Å². The highest BCUT2D eigenvalue weighted by atomic mass is 127. The van der Waals surface area contributed by atoms with Crippen LogP contribution in [-0.4, -0.2) is 88.4 Å². The first-order valence-corrected chi connectivity index (χ1v) is 20.6. The molecule has 3 heterocycles. The second kappa shape index (κ2) is 16.1. The average molecular weight is 796 g/mol. The smallest absolute Gasteiger partial charge is 0.410 e. The quantitative estimate of drug-likeness (QED) is 0.111. The molecular formula is C33H51IN9O4P. The molecule has 2 N–H and O–H groups in total. The van der Waals surface area contributed by atoms with Crippen molar-refractivity contribution < 1.29 is 19.1 Å². The van der Waals surface area contributed by atoms with Gasteiger partial charge in [-0.1, -0.05) is 11.6 Å². The molecule has 3 aromatic rings. The maximum atomic E-state index is 13.5. The van der Waals surface area contributed by atoms with Gasteiger partial charge in [0.1, 0.15) is 35.3 Å². The molecule has 3 aromatic heterocycles. The molecule has 0 saturated heterocycles. The van der Waals surface area contributed by atoms with Crippen LogP contribution in [0.1, 0.15) is 93.5 Å². The fourth-order valence-corrected chi connectivity index (χ4v) is 7.35. The van der Waals surface area contributed by atoms with E-state index in [4.69, 9.17) is 15.2 Å². The van der Waals surface area contributed by atoms with E-state index in [2.05, 4.69) is 65.9 Å². The van der Waals surface area contributed by atoms with E-state index in [9.17, 15) is 9.59 Å². The van der Waals surface area contributed by atoms with E-state index in [1.165, 1.54) is 11.9 Å². The Hall–Kier alpha value is -3.00. The van der Waals surface area contributed by atoms with Crippen LogP contribution >= 0.6 is 28.4 Å². The Morgan fingerprint density at radius 2 is 1.69 bits per heavy atom. The van der Waals surface area contributed by atoms with Gasteiger partial charge in [-0.15, -0.1) is 0 Å². The summed E-state index contributed by atoms with van der Waals surface area (Å²) in [6.45, 7) is 17.4. The topological polar surface area (TPSA) is 147 Å². The summed E-state index contributed by atoms with van der Waals surface area (Å²) in [6, 6.07) is 0.164. The molecule has 1 unspecified atom stereocenters. The van der Waals surface area contributed by atoms with E-state index in [1.54, 1.807) is 11.2 Å². The monoisotopic (exact) mass is 795 g/mol. The summed E-state index contributed by atoms with van der Waals surface area (Å²) in [4.78, 5) is 43.6. The number of hydrogen-bond acceptors (Lipinski definition) is 9. The van der Waals surface area contributed by atoms with Crippen LogP contribution < -0.4 is 5.73 Å². The van der Waals surface area contributed by atoms with Crippen LogP contribution in [0.5, 0.6) is 0 Å². The molecule has 1 fully saturated rings. The van der Waals surface area contributed by atoms with Crippen LogP contribution in [0.25, 0.3) is 22.4 Å². The van der Waals surface area contributed by atoms with E-state index in [0.717, 1.165) is 48.1 Å². The summed E-state index contributed by atoms with van der Waals surface area (Å²) >= 11 is 2.28. The lowest BCUT2D eigenvalue weighted by molar-refractivity contribution is 0.0186. The number of hydrogen-bond donors (Lipinski definition) is 1. The molecule has 1 aliphatic rings. The number of rotatable bonds is 12. The molecule has 15 heteroatoms. The van der Waals surface area contributed by atoms with Crippen LogP contribution in [0.15, 0.2) is 30.5 Å². The zero-order valence-corrected chi connectivity index (χ0v) is 32.7. The van der Waals surface area contributed by atoms with E-state index < -0.39 is 11.2 Å². The van der Waals surface area contributed by atoms with Crippen molar-refractivity contribution in [3.8, 4) is 11.4 Å². The minimum absolute atomic E-state index is 0.164. The Labute approximate surface area is 298 Å². The first kappa shape index (κ1) is 37.8. The fourth-order valence-electron chi connectivity index (χ4n) is 5.93. The predicted molar refractivity (Wildman–Crippen MR) is 199 cm³/mol. The van der Waals surface area contributed by atoms with Crippen molar-refractivity contribution in [2.45, 2.75) is 105 Å². The van der Waals surface area contributed by atoms with Crippen molar-refractivity contribution in [2.75, 3.05) is 31.9 Å². The van der Waals surface area contributed by atoms with Crippen molar-refractivity contribution in [3.05, 3.63) is 30.5 Å². The van der Waals surface area contributed by atoms with Crippen LogP contribution in [0.2, 0.25) is 0 Å². The standard InChI is InChI=1S/C33H51IN9O4P/c1-9-22(2)13-16-40(30(44)46-32(3,4)5)14-10-15-41(31(45)47-33(6,7)8)18-23-11-12-24(17-23)42-19-25(28-38-21-39-43(28)48-34)26-27(35)36-20-37-29(26)42/h9,19-21,23-24,48H,10-18H2,1-8H3,(H2,35,36,37)/b22-9+/t23-,24+/m1/s1. The highest BCUT2D eigenvalue weighted by Crippen LogP contribution is 2.41. The summed E-state index contributed by atoms with van der Waals surface area (Å²) in [5.41, 5.74) is 8.01. The third kappa shape index (κ3) is 10.0. The third-order valence-corrected chi connectivity index (χ3v) is 10.2. The number of anilines is 1. The Balaban J connectivity index is 1.50. The van der Waals surface area contributed by atoms with Gasteiger partial charge in [0.25, 0.3) is 0 Å². The molecule has 0 bridgehead atoms. The first-order chi connectivity index (χ1) is 22.6. The van der Waals surface area contributed by atoms with Crippen molar-refractivity contribution in [2.24, 2.45) is 5.92 Å². The molecule has 0 aromatic carbocycles.